The van der Waals surface area contributed by atoms with Crippen molar-refractivity contribution in [2.24, 2.45) is 23.3 Å². The summed E-state index contributed by atoms with van der Waals surface area (Å²) in [6.45, 7) is 14.5. The summed E-state index contributed by atoms with van der Waals surface area (Å²) in [6, 6.07) is 6.89. The molecule has 0 saturated carbocycles. The van der Waals surface area contributed by atoms with E-state index in [9.17, 15) is 19.2 Å². The van der Waals surface area contributed by atoms with Gasteiger partial charge in [-0.2, -0.15) is 0 Å². The smallest absolute Gasteiger partial charge is 0.255 e. The van der Waals surface area contributed by atoms with Crippen LogP contribution in [0.15, 0.2) is 24.3 Å². The minimum absolute atomic E-state index is 0.202. The van der Waals surface area contributed by atoms with Crippen molar-refractivity contribution < 1.29 is 28.7 Å². The van der Waals surface area contributed by atoms with Gasteiger partial charge in [-0.15, -0.1) is 0 Å². The first kappa shape index (κ1) is 56.5. The molecule has 0 spiro atoms. The number of rotatable bonds is 38. The summed E-state index contributed by atoms with van der Waals surface area (Å²) in [5.41, 5.74) is 14.4. The van der Waals surface area contributed by atoms with Gasteiger partial charge >= 0.3 is 0 Å². The van der Waals surface area contributed by atoms with Crippen molar-refractivity contribution in [2.75, 3.05) is 83.3 Å². The third kappa shape index (κ3) is 23.5. The fourth-order valence-electron chi connectivity index (χ4n) is 6.82. The molecule has 0 unspecified atom stereocenters. The van der Waals surface area contributed by atoms with Gasteiger partial charge in [0.25, 0.3) is 17.7 Å². The Morgan fingerprint density at radius 2 is 0.875 bits per heavy atom. The van der Waals surface area contributed by atoms with Gasteiger partial charge < -0.3 is 52.8 Å². The van der Waals surface area contributed by atoms with Crippen LogP contribution in [-0.2, 0) is 0 Å². The number of nitrogens with one attached hydrogen (secondary N) is 6. The van der Waals surface area contributed by atoms with Crippen molar-refractivity contribution in [3.63, 3.8) is 0 Å². The van der Waals surface area contributed by atoms with Crippen LogP contribution in [0.5, 0.6) is 11.5 Å². The fourth-order valence-corrected chi connectivity index (χ4v) is 7.24. The van der Waals surface area contributed by atoms with E-state index >= 15 is 0 Å². The van der Waals surface area contributed by atoms with Gasteiger partial charge in [-0.25, -0.2) is 0 Å². The van der Waals surface area contributed by atoms with Crippen LogP contribution in [0.2, 0.25) is 0 Å². The zero-order chi connectivity index (χ0) is 47.0. The second kappa shape index (κ2) is 34.6. The Bertz CT molecular complexity index is 1660. The standard InChI is InChI=1S/C49H83IN8O6/c1-36(2)20-30-63-44-35-45(64-31-21-37(3)4)41(33-40(44)46(50)59)49(62)58-29-17-9-8-16-28-57-48(61)39-32-38(47(60)56-27-15-7-6-14-24-53-5)42(54-25-18-10-12-22-51)34-43(39)55-26-19-11-13-23-52/h32-37,53-55H,6-31,51-52H2,1-5H3,(H,56,60)(H,57,61)(H,58,62). The Morgan fingerprint density at radius 1 is 0.500 bits per heavy atom. The predicted molar refractivity (Wildman–Crippen MR) is 272 cm³/mol. The second-order valence-electron chi connectivity index (χ2n) is 17.4. The topological polar surface area (TPSA) is 211 Å². The number of benzene rings is 2. The summed E-state index contributed by atoms with van der Waals surface area (Å²) < 4.78 is 11.9. The van der Waals surface area contributed by atoms with Gasteiger partial charge in [0, 0.05) is 72.8 Å². The Hall–Kier alpha value is -3.67. The minimum atomic E-state index is -0.302. The lowest BCUT2D eigenvalue weighted by Gasteiger charge is -2.19. The molecule has 0 radical (unpaired) electrons. The van der Waals surface area contributed by atoms with Gasteiger partial charge in [-0.3, -0.25) is 19.2 Å². The van der Waals surface area contributed by atoms with E-state index in [2.05, 4.69) is 59.6 Å². The zero-order valence-corrected chi connectivity index (χ0v) is 42.0. The molecule has 0 aliphatic carbocycles. The maximum absolute atomic E-state index is 13.8. The summed E-state index contributed by atoms with van der Waals surface area (Å²) >= 11 is 1.73. The van der Waals surface area contributed by atoms with E-state index in [1.54, 1.807) is 40.8 Å². The number of anilines is 2. The number of nitrogens with two attached hydrogens (primary N) is 2. The average Bonchev–Trinajstić information content (AvgIpc) is 3.26. The highest BCUT2D eigenvalue weighted by molar-refractivity contribution is 14.1. The monoisotopic (exact) mass is 1010 g/mol. The molecule has 0 saturated heterocycles. The molecule has 0 heterocycles. The summed E-state index contributed by atoms with van der Waals surface area (Å²) in [5.74, 6) is 0.966. The van der Waals surface area contributed by atoms with Crippen LogP contribution in [0.1, 0.15) is 172 Å². The number of halogens is 1. The molecule has 0 aliphatic rings. The van der Waals surface area contributed by atoms with E-state index in [-0.39, 0.29) is 21.5 Å². The summed E-state index contributed by atoms with van der Waals surface area (Å²) in [7, 11) is 1.95. The van der Waals surface area contributed by atoms with Crippen LogP contribution >= 0.6 is 22.6 Å². The van der Waals surface area contributed by atoms with E-state index in [1.165, 1.54) is 0 Å². The van der Waals surface area contributed by atoms with E-state index in [0.29, 0.717) is 116 Å². The van der Waals surface area contributed by atoms with Gasteiger partial charge in [0.05, 0.1) is 35.5 Å². The fraction of sp³-hybridized carbons (Fsp3) is 0.673. The van der Waals surface area contributed by atoms with E-state index < -0.39 is 0 Å². The van der Waals surface area contributed by atoms with Crippen LogP contribution in [0.4, 0.5) is 11.4 Å². The Balaban J connectivity index is 2.08. The van der Waals surface area contributed by atoms with Crippen molar-refractivity contribution >= 4 is 55.5 Å². The molecule has 0 fully saturated rings. The first-order chi connectivity index (χ1) is 30.9. The van der Waals surface area contributed by atoms with Gasteiger partial charge in [-0.1, -0.05) is 66.2 Å². The number of hydrogen-bond acceptors (Lipinski definition) is 11. The van der Waals surface area contributed by atoms with Crippen molar-refractivity contribution in [1.29, 1.82) is 0 Å². The summed E-state index contributed by atoms with van der Waals surface area (Å²) in [4.78, 5) is 53.6. The van der Waals surface area contributed by atoms with Crippen LogP contribution < -0.4 is 52.8 Å². The molecule has 0 aliphatic heterocycles. The van der Waals surface area contributed by atoms with Gasteiger partial charge in [0.1, 0.15) is 11.5 Å². The molecule has 0 atom stereocenters. The predicted octanol–water partition coefficient (Wildman–Crippen LogP) is 8.42. The van der Waals surface area contributed by atoms with Crippen LogP contribution in [-0.4, -0.2) is 94.1 Å². The molecule has 0 aromatic heterocycles. The van der Waals surface area contributed by atoms with Gasteiger partial charge in [0.15, 0.2) is 0 Å². The van der Waals surface area contributed by atoms with Crippen LogP contribution in [0.3, 0.4) is 0 Å². The maximum Gasteiger partial charge on any atom is 0.255 e. The summed E-state index contributed by atoms with van der Waals surface area (Å²) in [5, 5.41) is 19.3. The van der Waals surface area contributed by atoms with Crippen molar-refractivity contribution in [2.45, 2.75) is 130 Å². The molecule has 10 N–H and O–H groups in total. The number of unbranched alkanes of at least 4 members (excludes halogenated alkanes) is 10. The molecule has 2 aromatic carbocycles. The highest BCUT2D eigenvalue weighted by atomic mass is 127. The van der Waals surface area contributed by atoms with Crippen LogP contribution in [0.25, 0.3) is 0 Å². The lowest BCUT2D eigenvalue weighted by atomic mass is 10.0. The van der Waals surface area contributed by atoms with E-state index in [1.807, 2.05) is 13.1 Å². The largest absolute Gasteiger partial charge is 0.493 e. The molecular weight excluding hydrogens is 923 g/mol. The van der Waals surface area contributed by atoms with Crippen LogP contribution in [0, 0.1) is 11.8 Å². The Labute approximate surface area is 398 Å². The SMILES string of the molecule is CNCCCCCCNC(=O)c1cc(C(=O)NCCCCCCNC(=O)c2cc(C(=O)I)c(OCCC(C)C)cc2OCCC(C)C)c(NCCCCCN)cc1NCCCCCN. The van der Waals surface area contributed by atoms with Crippen molar-refractivity contribution in [3.05, 3.63) is 46.5 Å². The molecule has 362 valence electrons. The number of ether oxygens (including phenoxy) is 2. The lowest BCUT2D eigenvalue weighted by Crippen LogP contribution is -2.29. The first-order valence-electron chi connectivity index (χ1n) is 24.1. The number of carbonyl (C=O) groups excluding carboxylic acids is 4. The van der Waals surface area contributed by atoms with E-state index in [0.717, 1.165) is 109 Å². The zero-order valence-electron chi connectivity index (χ0n) is 39.8. The minimum Gasteiger partial charge on any atom is -0.493 e. The Kier molecular flexibility index (Phi) is 30.6. The third-order valence-corrected chi connectivity index (χ3v) is 11.4. The molecule has 2 rings (SSSR count). The molecule has 0 bridgehead atoms. The molecular formula is C49H83IN8O6. The molecule has 2 aromatic rings. The number of carbonyl (C=O) groups is 4. The van der Waals surface area contributed by atoms with Crippen molar-refractivity contribution in [1.82, 2.24) is 21.3 Å². The third-order valence-electron chi connectivity index (χ3n) is 10.8. The first-order valence-corrected chi connectivity index (χ1v) is 25.2. The van der Waals surface area contributed by atoms with Gasteiger partial charge in [-0.05, 0) is 121 Å². The highest BCUT2D eigenvalue weighted by Crippen LogP contribution is 2.32. The lowest BCUT2D eigenvalue weighted by molar-refractivity contribution is 0.0938. The number of amides is 3. The maximum atomic E-state index is 13.8. The Morgan fingerprint density at radius 3 is 1.28 bits per heavy atom. The molecule has 14 nitrogen and oxygen atoms in total. The van der Waals surface area contributed by atoms with Gasteiger partial charge in [0.2, 0.25) is 3.79 Å². The average molecular weight is 1010 g/mol. The normalized spacial score (nSPS) is 11.2. The number of hydrogen-bond donors (Lipinski definition) is 8. The quantitative estimate of drug-likeness (QED) is 0.0182. The second-order valence-corrected chi connectivity index (χ2v) is 18.4. The molecule has 15 heteroatoms. The molecule has 64 heavy (non-hydrogen) atoms. The summed E-state index contributed by atoms with van der Waals surface area (Å²) in [6.07, 6.45) is 14.6. The van der Waals surface area contributed by atoms with Crippen molar-refractivity contribution in [3.8, 4) is 11.5 Å². The highest BCUT2D eigenvalue weighted by Gasteiger charge is 2.22. The molecule has 3 amide bonds. The van der Waals surface area contributed by atoms with E-state index in [4.69, 9.17) is 20.9 Å².